The third-order valence-electron chi connectivity index (χ3n) is 2.68. The van der Waals surface area contributed by atoms with Gasteiger partial charge in [0.05, 0.1) is 37.9 Å². The summed E-state index contributed by atoms with van der Waals surface area (Å²) in [4.78, 5) is 0. The van der Waals surface area contributed by atoms with E-state index in [9.17, 15) is 5.11 Å². The summed E-state index contributed by atoms with van der Waals surface area (Å²) < 4.78 is 16.4. The van der Waals surface area contributed by atoms with E-state index in [0.29, 0.717) is 24.7 Å². The number of halogens is 1. The lowest BCUT2D eigenvalue weighted by atomic mass is 10.2. The van der Waals surface area contributed by atoms with E-state index < -0.39 is 0 Å². The summed E-state index contributed by atoms with van der Waals surface area (Å²) in [6.07, 6.45) is 0. The molecule has 1 atom stereocenters. The van der Waals surface area contributed by atoms with E-state index in [4.69, 9.17) is 14.2 Å². The minimum atomic E-state index is -0.0862. The number of rotatable bonds is 8. The van der Waals surface area contributed by atoms with Crippen LogP contribution < -0.4 is 14.8 Å². The molecule has 2 N–H and O–H groups in total. The average Bonchev–Trinajstić information content (AvgIpc) is 2.42. The number of benzene rings is 1. The van der Waals surface area contributed by atoms with Crippen molar-refractivity contribution in [1.82, 2.24) is 5.32 Å². The fourth-order valence-corrected chi connectivity index (χ4v) is 2.36. The molecule has 0 aromatic heterocycles. The van der Waals surface area contributed by atoms with E-state index in [0.717, 1.165) is 10.0 Å². The molecule has 1 unspecified atom stereocenters. The summed E-state index contributed by atoms with van der Waals surface area (Å²) in [6.45, 7) is 1.10. The van der Waals surface area contributed by atoms with Crippen molar-refractivity contribution in [2.75, 3.05) is 34.5 Å². The van der Waals surface area contributed by atoms with Gasteiger partial charge >= 0.3 is 0 Å². The van der Waals surface area contributed by atoms with Crippen molar-refractivity contribution in [3.63, 3.8) is 0 Å². The SMILES string of the molecule is COCC(CO)NCc1cc(Br)c(OC)c(OC)c1. The predicted octanol–water partition coefficient (Wildman–Crippen LogP) is 1.56. The van der Waals surface area contributed by atoms with Gasteiger partial charge in [-0.3, -0.25) is 0 Å². The molecule has 19 heavy (non-hydrogen) atoms. The van der Waals surface area contributed by atoms with Crippen molar-refractivity contribution in [3.05, 3.63) is 22.2 Å². The van der Waals surface area contributed by atoms with Crippen molar-refractivity contribution < 1.29 is 19.3 Å². The highest BCUT2D eigenvalue weighted by atomic mass is 79.9. The minimum Gasteiger partial charge on any atom is -0.493 e. The van der Waals surface area contributed by atoms with Crippen molar-refractivity contribution >= 4 is 15.9 Å². The number of aliphatic hydroxyl groups is 1. The van der Waals surface area contributed by atoms with Crippen LogP contribution in [0.25, 0.3) is 0 Å². The Morgan fingerprint density at radius 1 is 1.26 bits per heavy atom. The molecule has 0 saturated carbocycles. The highest BCUT2D eigenvalue weighted by molar-refractivity contribution is 9.10. The molecule has 6 heteroatoms. The van der Waals surface area contributed by atoms with Gasteiger partial charge in [-0.15, -0.1) is 0 Å². The minimum absolute atomic E-state index is 0.0301. The summed E-state index contributed by atoms with van der Waals surface area (Å²) in [5.74, 6) is 1.34. The Kier molecular flexibility index (Phi) is 7.15. The zero-order chi connectivity index (χ0) is 14.3. The molecule has 1 rings (SSSR count). The number of aliphatic hydroxyl groups excluding tert-OH is 1. The average molecular weight is 334 g/mol. The van der Waals surface area contributed by atoms with Gasteiger partial charge in [0.15, 0.2) is 11.5 Å². The molecule has 5 nitrogen and oxygen atoms in total. The molecule has 0 saturated heterocycles. The van der Waals surface area contributed by atoms with Crippen LogP contribution >= 0.6 is 15.9 Å². The smallest absolute Gasteiger partial charge is 0.174 e. The third-order valence-corrected chi connectivity index (χ3v) is 3.27. The number of methoxy groups -OCH3 is 3. The number of nitrogens with one attached hydrogen (secondary N) is 1. The van der Waals surface area contributed by atoms with Crippen LogP contribution in [0.5, 0.6) is 11.5 Å². The first-order valence-electron chi connectivity index (χ1n) is 5.89. The van der Waals surface area contributed by atoms with Gasteiger partial charge in [0.1, 0.15) is 0 Å². The van der Waals surface area contributed by atoms with Gasteiger partial charge in [-0.25, -0.2) is 0 Å². The summed E-state index contributed by atoms with van der Waals surface area (Å²) in [5.41, 5.74) is 1.03. The molecular weight excluding hydrogens is 314 g/mol. The monoisotopic (exact) mass is 333 g/mol. The van der Waals surface area contributed by atoms with Crippen LogP contribution in [0, 0.1) is 0 Å². The molecule has 0 aliphatic rings. The highest BCUT2D eigenvalue weighted by Gasteiger charge is 2.12. The molecule has 0 heterocycles. The Balaban J connectivity index is 2.76. The Hall–Kier alpha value is -0.820. The zero-order valence-electron chi connectivity index (χ0n) is 11.4. The lowest BCUT2D eigenvalue weighted by Gasteiger charge is -2.16. The Morgan fingerprint density at radius 3 is 2.53 bits per heavy atom. The lowest BCUT2D eigenvalue weighted by Crippen LogP contribution is -2.35. The quantitative estimate of drug-likeness (QED) is 0.756. The van der Waals surface area contributed by atoms with E-state index in [1.807, 2.05) is 12.1 Å². The molecule has 0 spiro atoms. The van der Waals surface area contributed by atoms with Crippen molar-refractivity contribution in [3.8, 4) is 11.5 Å². The number of hydrogen-bond acceptors (Lipinski definition) is 5. The first-order chi connectivity index (χ1) is 9.15. The molecular formula is C13H20BrNO4. The second kappa shape index (κ2) is 8.37. The standard InChI is InChI=1S/C13H20BrNO4/c1-17-8-10(7-16)15-6-9-4-11(14)13(19-3)12(5-9)18-2/h4-5,10,15-16H,6-8H2,1-3H3. The maximum Gasteiger partial charge on any atom is 0.174 e. The summed E-state index contributed by atoms with van der Waals surface area (Å²) in [7, 11) is 4.81. The molecule has 0 fully saturated rings. The van der Waals surface area contributed by atoms with E-state index in [2.05, 4.69) is 21.2 Å². The Morgan fingerprint density at radius 2 is 2.00 bits per heavy atom. The number of hydrogen-bond donors (Lipinski definition) is 2. The fraction of sp³-hybridized carbons (Fsp3) is 0.538. The van der Waals surface area contributed by atoms with Crippen LogP contribution in [0.3, 0.4) is 0 Å². The second-order valence-corrected chi connectivity index (χ2v) is 4.88. The van der Waals surface area contributed by atoms with Gasteiger partial charge in [0, 0.05) is 13.7 Å². The zero-order valence-corrected chi connectivity index (χ0v) is 13.0. The normalized spacial score (nSPS) is 12.3. The topological polar surface area (TPSA) is 60.0 Å². The summed E-state index contributed by atoms with van der Waals surface area (Å²) in [5, 5.41) is 12.4. The highest BCUT2D eigenvalue weighted by Crippen LogP contribution is 2.36. The van der Waals surface area contributed by atoms with E-state index in [1.54, 1.807) is 21.3 Å². The molecule has 0 amide bonds. The maximum absolute atomic E-state index is 9.18. The molecule has 0 aliphatic heterocycles. The Labute approximate surface area is 122 Å². The first kappa shape index (κ1) is 16.2. The lowest BCUT2D eigenvalue weighted by molar-refractivity contribution is 0.128. The van der Waals surface area contributed by atoms with Gasteiger partial charge in [0.2, 0.25) is 0 Å². The van der Waals surface area contributed by atoms with Crippen LogP contribution in [0.4, 0.5) is 0 Å². The van der Waals surface area contributed by atoms with Crippen LogP contribution in [0.2, 0.25) is 0 Å². The first-order valence-corrected chi connectivity index (χ1v) is 6.69. The van der Waals surface area contributed by atoms with E-state index in [1.165, 1.54) is 0 Å². The Bertz CT molecular complexity index is 400. The van der Waals surface area contributed by atoms with Crippen LogP contribution in [0.1, 0.15) is 5.56 Å². The van der Waals surface area contributed by atoms with E-state index in [-0.39, 0.29) is 12.6 Å². The number of ether oxygens (including phenoxy) is 3. The van der Waals surface area contributed by atoms with Gasteiger partial charge in [0.25, 0.3) is 0 Å². The van der Waals surface area contributed by atoms with Crippen molar-refractivity contribution in [2.24, 2.45) is 0 Å². The van der Waals surface area contributed by atoms with Gasteiger partial charge in [-0.05, 0) is 33.6 Å². The van der Waals surface area contributed by atoms with Gasteiger partial charge < -0.3 is 24.6 Å². The predicted molar refractivity (Wildman–Crippen MR) is 76.8 cm³/mol. The van der Waals surface area contributed by atoms with Crippen LogP contribution in [0.15, 0.2) is 16.6 Å². The van der Waals surface area contributed by atoms with Crippen LogP contribution in [-0.2, 0) is 11.3 Å². The van der Waals surface area contributed by atoms with Gasteiger partial charge in [-0.2, -0.15) is 0 Å². The molecule has 0 aliphatic carbocycles. The van der Waals surface area contributed by atoms with Crippen molar-refractivity contribution in [1.29, 1.82) is 0 Å². The van der Waals surface area contributed by atoms with Gasteiger partial charge in [-0.1, -0.05) is 0 Å². The second-order valence-electron chi connectivity index (χ2n) is 4.03. The summed E-state index contributed by atoms with van der Waals surface area (Å²) >= 11 is 3.45. The molecule has 108 valence electrons. The molecule has 0 bridgehead atoms. The third kappa shape index (κ3) is 4.65. The maximum atomic E-state index is 9.18. The van der Waals surface area contributed by atoms with Crippen LogP contribution in [-0.4, -0.2) is 45.7 Å². The molecule has 1 aromatic rings. The fourth-order valence-electron chi connectivity index (χ4n) is 1.71. The van der Waals surface area contributed by atoms with Crippen molar-refractivity contribution in [2.45, 2.75) is 12.6 Å². The largest absolute Gasteiger partial charge is 0.493 e. The van der Waals surface area contributed by atoms with E-state index >= 15 is 0 Å². The molecule has 0 radical (unpaired) electrons. The molecule has 1 aromatic carbocycles. The summed E-state index contributed by atoms with van der Waals surface area (Å²) in [6, 6.07) is 3.77.